The number of aromatic hydroxyl groups is 1. The zero-order valence-electron chi connectivity index (χ0n) is 9.88. The molecule has 0 unspecified atom stereocenters. The highest BCUT2D eigenvalue weighted by molar-refractivity contribution is 5.67. The third-order valence-corrected chi connectivity index (χ3v) is 2.66. The van der Waals surface area contributed by atoms with Crippen LogP contribution in [0.3, 0.4) is 0 Å². The zero-order valence-corrected chi connectivity index (χ0v) is 9.88. The molecule has 2 nitrogen and oxygen atoms in total. The van der Waals surface area contributed by atoms with Gasteiger partial charge in [0.25, 0.3) is 0 Å². The van der Waals surface area contributed by atoms with Crippen LogP contribution in [0.5, 0.6) is 5.75 Å². The summed E-state index contributed by atoms with van der Waals surface area (Å²) in [6.07, 6.45) is 6.19. The largest absolute Gasteiger partial charge is 0.508 e. The van der Waals surface area contributed by atoms with E-state index in [1.54, 1.807) is 12.1 Å². The van der Waals surface area contributed by atoms with Gasteiger partial charge in [-0.2, -0.15) is 4.57 Å². The first-order valence-electron chi connectivity index (χ1n) is 5.75. The Morgan fingerprint density at radius 1 is 1.06 bits per heavy atom. The maximum absolute atomic E-state index is 9.20. The third-order valence-electron chi connectivity index (χ3n) is 2.66. The Morgan fingerprint density at radius 3 is 2.53 bits per heavy atom. The molecule has 0 aliphatic carbocycles. The average molecular weight is 226 g/mol. The van der Waals surface area contributed by atoms with Crippen LogP contribution < -0.4 is 4.57 Å². The van der Waals surface area contributed by atoms with Gasteiger partial charge >= 0.3 is 0 Å². The molecule has 0 saturated heterocycles. The Bertz CT molecular complexity index is 515. The van der Waals surface area contributed by atoms with Crippen molar-refractivity contribution >= 4 is 12.2 Å². The molecule has 0 atom stereocenters. The van der Waals surface area contributed by atoms with Gasteiger partial charge in [-0.1, -0.05) is 12.1 Å². The summed E-state index contributed by atoms with van der Waals surface area (Å²) in [6, 6.07) is 13.3. The molecular formula is C15H16NO+. The summed E-state index contributed by atoms with van der Waals surface area (Å²) in [6.45, 7) is 3.08. The first-order valence-corrected chi connectivity index (χ1v) is 5.75. The van der Waals surface area contributed by atoms with Gasteiger partial charge in [0, 0.05) is 18.2 Å². The molecule has 17 heavy (non-hydrogen) atoms. The predicted octanol–water partition coefficient (Wildman–Crippen LogP) is 2.87. The van der Waals surface area contributed by atoms with Gasteiger partial charge < -0.3 is 5.11 Å². The van der Waals surface area contributed by atoms with Gasteiger partial charge in [0.1, 0.15) is 12.3 Å². The molecule has 1 aromatic carbocycles. The van der Waals surface area contributed by atoms with Gasteiger partial charge in [0.15, 0.2) is 6.20 Å². The Kier molecular flexibility index (Phi) is 3.55. The second kappa shape index (κ2) is 5.30. The number of rotatable bonds is 3. The molecule has 1 aromatic heterocycles. The van der Waals surface area contributed by atoms with Crippen LogP contribution in [0.15, 0.2) is 48.7 Å². The molecule has 0 saturated carbocycles. The van der Waals surface area contributed by atoms with Gasteiger partial charge in [0.05, 0.1) is 0 Å². The van der Waals surface area contributed by atoms with Crippen molar-refractivity contribution in [1.82, 2.24) is 0 Å². The molecule has 1 N–H and O–H groups in total. The number of hydrogen-bond acceptors (Lipinski definition) is 1. The van der Waals surface area contributed by atoms with Crippen molar-refractivity contribution in [1.29, 1.82) is 0 Å². The highest BCUT2D eigenvalue weighted by atomic mass is 16.3. The van der Waals surface area contributed by atoms with Crippen LogP contribution in [-0.4, -0.2) is 5.11 Å². The van der Waals surface area contributed by atoms with Crippen LogP contribution in [-0.2, 0) is 6.54 Å². The molecule has 0 aliphatic heterocycles. The summed E-state index contributed by atoms with van der Waals surface area (Å²) < 4.78 is 2.18. The Balaban J connectivity index is 2.22. The lowest BCUT2D eigenvalue weighted by molar-refractivity contribution is -0.695. The fourth-order valence-electron chi connectivity index (χ4n) is 1.70. The SMILES string of the molecule is CC[n+]1ccccc1/C=C\c1ccc(O)cc1. The molecule has 0 aliphatic rings. The number of hydrogen-bond donors (Lipinski definition) is 1. The van der Waals surface area contributed by atoms with Gasteiger partial charge in [-0.25, -0.2) is 0 Å². The van der Waals surface area contributed by atoms with E-state index in [4.69, 9.17) is 0 Å². The van der Waals surface area contributed by atoms with E-state index < -0.39 is 0 Å². The van der Waals surface area contributed by atoms with E-state index in [2.05, 4.69) is 29.8 Å². The Labute approximate surface area is 101 Å². The average Bonchev–Trinajstić information content (AvgIpc) is 2.38. The van der Waals surface area contributed by atoms with E-state index in [0.717, 1.165) is 12.1 Å². The Hall–Kier alpha value is -2.09. The normalized spacial score (nSPS) is 10.9. The van der Waals surface area contributed by atoms with Gasteiger partial charge in [-0.05, 0) is 36.8 Å². The van der Waals surface area contributed by atoms with Crippen LogP contribution in [0.25, 0.3) is 12.2 Å². The standard InChI is InChI=1S/C15H15NO/c1-2-16-12-4-3-5-14(16)9-6-13-7-10-15(17)11-8-13/h3-12H,2H2,1H3/p+1. The minimum Gasteiger partial charge on any atom is -0.508 e. The maximum Gasteiger partial charge on any atom is 0.205 e. The van der Waals surface area contributed by atoms with Gasteiger partial charge in [-0.3, -0.25) is 0 Å². The molecule has 0 amide bonds. The molecule has 2 rings (SSSR count). The number of phenols is 1. The molecule has 0 spiro atoms. The fraction of sp³-hybridized carbons (Fsp3) is 0.133. The second-order valence-electron chi connectivity index (χ2n) is 3.84. The van der Waals surface area contributed by atoms with Gasteiger partial charge in [-0.15, -0.1) is 0 Å². The predicted molar refractivity (Wildman–Crippen MR) is 69.3 cm³/mol. The zero-order chi connectivity index (χ0) is 12.1. The number of benzene rings is 1. The lowest BCUT2D eigenvalue weighted by atomic mass is 10.2. The number of phenolic OH excluding ortho intramolecular Hbond substituents is 1. The molecule has 2 aromatic rings. The maximum atomic E-state index is 9.20. The molecule has 1 heterocycles. The van der Waals surface area contributed by atoms with E-state index in [-0.39, 0.29) is 0 Å². The smallest absolute Gasteiger partial charge is 0.205 e. The van der Waals surface area contributed by atoms with Crippen LogP contribution in [0.2, 0.25) is 0 Å². The lowest BCUT2D eigenvalue weighted by Gasteiger charge is -1.97. The van der Waals surface area contributed by atoms with E-state index >= 15 is 0 Å². The minimum absolute atomic E-state index is 0.297. The molecule has 0 bridgehead atoms. The minimum atomic E-state index is 0.297. The van der Waals surface area contributed by atoms with Crippen molar-refractivity contribution in [3.8, 4) is 5.75 Å². The van der Waals surface area contributed by atoms with Crippen molar-refractivity contribution in [3.63, 3.8) is 0 Å². The van der Waals surface area contributed by atoms with E-state index in [9.17, 15) is 5.11 Å². The molecule has 0 radical (unpaired) electrons. The number of nitrogens with zero attached hydrogens (tertiary/aromatic N) is 1. The van der Waals surface area contributed by atoms with Crippen LogP contribution >= 0.6 is 0 Å². The van der Waals surface area contributed by atoms with Crippen molar-refractivity contribution in [2.75, 3.05) is 0 Å². The molecule has 0 fully saturated rings. The van der Waals surface area contributed by atoms with Crippen LogP contribution in [0.4, 0.5) is 0 Å². The summed E-state index contributed by atoms with van der Waals surface area (Å²) in [4.78, 5) is 0. The van der Waals surface area contributed by atoms with E-state index in [1.807, 2.05) is 30.3 Å². The third kappa shape index (κ3) is 2.94. The van der Waals surface area contributed by atoms with Crippen molar-refractivity contribution < 1.29 is 9.67 Å². The number of aryl methyl sites for hydroxylation is 1. The molecule has 2 heteroatoms. The number of aromatic nitrogens is 1. The molecular weight excluding hydrogens is 210 g/mol. The van der Waals surface area contributed by atoms with Crippen LogP contribution in [0.1, 0.15) is 18.2 Å². The highest BCUT2D eigenvalue weighted by Crippen LogP contribution is 2.11. The monoisotopic (exact) mass is 226 g/mol. The van der Waals surface area contributed by atoms with Crippen molar-refractivity contribution in [3.05, 3.63) is 59.9 Å². The van der Waals surface area contributed by atoms with Gasteiger partial charge in [0.2, 0.25) is 5.69 Å². The first kappa shape index (κ1) is 11.4. The van der Waals surface area contributed by atoms with Crippen molar-refractivity contribution in [2.45, 2.75) is 13.5 Å². The summed E-state index contributed by atoms with van der Waals surface area (Å²) >= 11 is 0. The first-order chi connectivity index (χ1) is 8.29. The van der Waals surface area contributed by atoms with Crippen molar-refractivity contribution in [2.24, 2.45) is 0 Å². The number of pyridine rings is 1. The Morgan fingerprint density at radius 2 is 1.82 bits per heavy atom. The topological polar surface area (TPSA) is 24.1 Å². The van der Waals surface area contributed by atoms with Crippen LogP contribution in [0, 0.1) is 0 Å². The molecule has 86 valence electrons. The summed E-state index contributed by atoms with van der Waals surface area (Å²) in [7, 11) is 0. The summed E-state index contributed by atoms with van der Waals surface area (Å²) in [5, 5.41) is 9.20. The van der Waals surface area contributed by atoms with E-state index in [1.165, 1.54) is 5.69 Å². The quantitative estimate of drug-likeness (QED) is 0.799. The fourth-order valence-corrected chi connectivity index (χ4v) is 1.70. The summed E-state index contributed by atoms with van der Waals surface area (Å²) in [5.41, 5.74) is 2.25. The lowest BCUT2D eigenvalue weighted by Crippen LogP contribution is -2.34. The summed E-state index contributed by atoms with van der Waals surface area (Å²) in [5.74, 6) is 0.297. The second-order valence-corrected chi connectivity index (χ2v) is 3.84. The highest BCUT2D eigenvalue weighted by Gasteiger charge is 2.01. The van der Waals surface area contributed by atoms with E-state index in [0.29, 0.717) is 5.75 Å².